The van der Waals surface area contributed by atoms with Crippen molar-refractivity contribution in [3.05, 3.63) is 42.7 Å². The van der Waals surface area contributed by atoms with Gasteiger partial charge >= 0.3 is 0 Å². The first-order chi connectivity index (χ1) is 14.0. The first-order valence-electron chi connectivity index (χ1n) is 9.56. The molecule has 1 fully saturated rings. The minimum atomic E-state index is -0.471. The number of carbonyl (C=O) groups is 3. The van der Waals surface area contributed by atoms with E-state index in [-0.39, 0.29) is 30.0 Å². The van der Waals surface area contributed by atoms with Gasteiger partial charge in [0.15, 0.2) is 0 Å². The fourth-order valence-electron chi connectivity index (χ4n) is 3.19. The van der Waals surface area contributed by atoms with Crippen LogP contribution in [0.4, 0.5) is 5.69 Å². The summed E-state index contributed by atoms with van der Waals surface area (Å²) in [6.45, 7) is 5.42. The van der Waals surface area contributed by atoms with Gasteiger partial charge in [-0.15, -0.1) is 11.8 Å². The van der Waals surface area contributed by atoms with Gasteiger partial charge in [-0.1, -0.05) is 18.2 Å². The molecule has 1 aliphatic heterocycles. The summed E-state index contributed by atoms with van der Waals surface area (Å²) in [6.07, 6.45) is 3.14. The molecule has 1 saturated heterocycles. The van der Waals surface area contributed by atoms with E-state index in [4.69, 9.17) is 0 Å². The standard InChI is InChI=1S/C20H25N5O3S/c1-3-23-9-10-25(15(2)20(23)28)19(27)13-24-12-16(11-21-24)22-18(26)14-29-17-7-5-4-6-8-17/h4-8,11-12,15H,3,9-10,13-14H2,1-2H3,(H,22,26)/t15-/m0/s1. The molecule has 2 aromatic rings. The molecule has 1 atom stereocenters. The summed E-state index contributed by atoms with van der Waals surface area (Å²) in [5.41, 5.74) is 0.538. The van der Waals surface area contributed by atoms with Crippen molar-refractivity contribution in [2.75, 3.05) is 30.7 Å². The normalized spacial score (nSPS) is 16.8. The molecule has 8 nitrogen and oxygen atoms in total. The predicted octanol–water partition coefficient (Wildman–Crippen LogP) is 1.69. The first kappa shape index (κ1) is 20.9. The SMILES string of the molecule is CCN1CCN(C(=O)Cn2cc(NC(=O)CSc3ccccc3)cn2)[C@@H](C)C1=O. The van der Waals surface area contributed by atoms with Crippen LogP contribution in [-0.2, 0) is 20.9 Å². The minimum Gasteiger partial charge on any atom is -0.339 e. The number of amides is 3. The number of anilines is 1. The molecule has 0 unspecified atom stereocenters. The number of nitrogens with zero attached hydrogens (tertiary/aromatic N) is 4. The Labute approximate surface area is 174 Å². The van der Waals surface area contributed by atoms with Gasteiger partial charge in [-0.3, -0.25) is 19.1 Å². The van der Waals surface area contributed by atoms with Gasteiger partial charge in [-0.2, -0.15) is 5.10 Å². The third-order valence-electron chi connectivity index (χ3n) is 4.78. The molecule has 2 heterocycles. The summed E-state index contributed by atoms with van der Waals surface area (Å²) in [7, 11) is 0. The fourth-order valence-corrected chi connectivity index (χ4v) is 3.91. The van der Waals surface area contributed by atoms with Gasteiger partial charge in [0.25, 0.3) is 0 Å². The third kappa shape index (κ3) is 5.38. The molecule has 3 amide bonds. The Bertz CT molecular complexity index is 870. The van der Waals surface area contributed by atoms with Gasteiger partial charge in [0, 0.05) is 30.7 Å². The van der Waals surface area contributed by atoms with Gasteiger partial charge in [-0.25, -0.2) is 0 Å². The highest BCUT2D eigenvalue weighted by atomic mass is 32.2. The minimum absolute atomic E-state index is 0.0262. The highest BCUT2D eigenvalue weighted by molar-refractivity contribution is 8.00. The Balaban J connectivity index is 1.50. The monoisotopic (exact) mass is 415 g/mol. The molecule has 1 aliphatic rings. The van der Waals surface area contributed by atoms with Crippen molar-refractivity contribution in [3.8, 4) is 0 Å². The van der Waals surface area contributed by atoms with Crippen molar-refractivity contribution in [2.45, 2.75) is 31.3 Å². The smallest absolute Gasteiger partial charge is 0.245 e. The lowest BCUT2D eigenvalue weighted by atomic mass is 10.1. The van der Waals surface area contributed by atoms with Crippen molar-refractivity contribution < 1.29 is 14.4 Å². The Morgan fingerprint density at radius 1 is 1.24 bits per heavy atom. The molecule has 1 N–H and O–H groups in total. The molecule has 0 radical (unpaired) electrons. The molecule has 3 rings (SSSR count). The van der Waals surface area contributed by atoms with E-state index in [1.54, 1.807) is 22.9 Å². The van der Waals surface area contributed by atoms with Crippen LogP contribution in [0.1, 0.15) is 13.8 Å². The maximum absolute atomic E-state index is 12.6. The lowest BCUT2D eigenvalue weighted by Crippen LogP contribution is -2.57. The number of piperazine rings is 1. The highest BCUT2D eigenvalue weighted by Crippen LogP contribution is 2.17. The lowest BCUT2D eigenvalue weighted by Gasteiger charge is -2.38. The number of likely N-dealkylation sites (N-methyl/N-ethyl adjacent to an activating group) is 1. The van der Waals surface area contributed by atoms with Crippen LogP contribution < -0.4 is 5.32 Å². The summed E-state index contributed by atoms with van der Waals surface area (Å²) in [5, 5.41) is 6.94. The van der Waals surface area contributed by atoms with Crippen molar-refractivity contribution in [3.63, 3.8) is 0 Å². The molecule has 1 aromatic heterocycles. The quantitative estimate of drug-likeness (QED) is 0.696. The van der Waals surface area contributed by atoms with Gasteiger partial charge in [0.05, 0.1) is 17.6 Å². The second kappa shape index (κ2) is 9.60. The van der Waals surface area contributed by atoms with Gasteiger partial charge in [0.2, 0.25) is 17.7 Å². The predicted molar refractivity (Wildman–Crippen MR) is 111 cm³/mol. The second-order valence-corrected chi connectivity index (χ2v) is 7.81. The van der Waals surface area contributed by atoms with Crippen LogP contribution in [0, 0.1) is 0 Å². The number of aromatic nitrogens is 2. The second-order valence-electron chi connectivity index (χ2n) is 6.76. The average molecular weight is 416 g/mol. The van der Waals surface area contributed by atoms with Crippen LogP contribution in [0.15, 0.2) is 47.6 Å². The van der Waals surface area contributed by atoms with Crippen LogP contribution >= 0.6 is 11.8 Å². The summed E-state index contributed by atoms with van der Waals surface area (Å²) in [4.78, 5) is 41.4. The van der Waals surface area contributed by atoms with Crippen LogP contribution in [0.25, 0.3) is 0 Å². The van der Waals surface area contributed by atoms with Gasteiger partial charge < -0.3 is 15.1 Å². The molecule has 29 heavy (non-hydrogen) atoms. The molecule has 0 saturated carbocycles. The van der Waals surface area contributed by atoms with Crippen molar-refractivity contribution in [1.82, 2.24) is 19.6 Å². The number of nitrogens with one attached hydrogen (secondary N) is 1. The molecule has 1 aromatic carbocycles. The van der Waals surface area contributed by atoms with Gasteiger partial charge in [-0.05, 0) is 26.0 Å². The van der Waals surface area contributed by atoms with Crippen LogP contribution in [0.2, 0.25) is 0 Å². The van der Waals surface area contributed by atoms with E-state index < -0.39 is 6.04 Å². The fraction of sp³-hybridized carbons (Fsp3) is 0.400. The zero-order valence-corrected chi connectivity index (χ0v) is 17.4. The molecule has 9 heteroatoms. The number of carbonyl (C=O) groups excluding carboxylic acids is 3. The summed E-state index contributed by atoms with van der Waals surface area (Å²) in [5.74, 6) is -0.0478. The van der Waals surface area contributed by atoms with Crippen LogP contribution in [-0.4, -0.2) is 68.7 Å². The van der Waals surface area contributed by atoms with E-state index in [9.17, 15) is 14.4 Å². The molecule has 0 bridgehead atoms. The van der Waals surface area contributed by atoms with Crippen LogP contribution in [0.5, 0.6) is 0 Å². The van der Waals surface area contributed by atoms with E-state index in [1.165, 1.54) is 22.6 Å². The van der Waals surface area contributed by atoms with Gasteiger partial charge in [0.1, 0.15) is 12.6 Å². The van der Waals surface area contributed by atoms with Crippen molar-refractivity contribution in [1.29, 1.82) is 0 Å². The molecule has 0 spiro atoms. The number of rotatable bonds is 7. The third-order valence-corrected chi connectivity index (χ3v) is 5.79. The number of hydrogen-bond donors (Lipinski definition) is 1. The highest BCUT2D eigenvalue weighted by Gasteiger charge is 2.33. The maximum atomic E-state index is 12.6. The maximum Gasteiger partial charge on any atom is 0.245 e. The van der Waals surface area contributed by atoms with Crippen LogP contribution in [0.3, 0.4) is 0 Å². The molecular formula is C20H25N5O3S. The number of hydrogen-bond acceptors (Lipinski definition) is 5. The van der Waals surface area contributed by atoms with E-state index in [0.717, 1.165) is 4.90 Å². The van der Waals surface area contributed by atoms with E-state index in [2.05, 4.69) is 10.4 Å². The van der Waals surface area contributed by atoms with Crippen molar-refractivity contribution in [2.24, 2.45) is 0 Å². The first-order valence-corrected chi connectivity index (χ1v) is 10.5. The van der Waals surface area contributed by atoms with E-state index in [0.29, 0.717) is 25.3 Å². The largest absolute Gasteiger partial charge is 0.339 e. The molecule has 0 aliphatic carbocycles. The lowest BCUT2D eigenvalue weighted by molar-refractivity contribution is -0.150. The van der Waals surface area contributed by atoms with E-state index in [1.807, 2.05) is 37.3 Å². The molecule has 154 valence electrons. The topological polar surface area (TPSA) is 87.5 Å². The Hall–Kier alpha value is -2.81. The summed E-state index contributed by atoms with van der Waals surface area (Å²) >= 11 is 1.45. The van der Waals surface area contributed by atoms with E-state index >= 15 is 0 Å². The number of thioether (sulfide) groups is 1. The average Bonchev–Trinajstić information content (AvgIpc) is 3.15. The summed E-state index contributed by atoms with van der Waals surface area (Å²) < 4.78 is 1.48. The Kier molecular flexibility index (Phi) is 6.92. The Morgan fingerprint density at radius 2 is 2.00 bits per heavy atom. The molecular weight excluding hydrogens is 390 g/mol. The van der Waals surface area contributed by atoms with Crippen molar-refractivity contribution >= 4 is 35.2 Å². The Morgan fingerprint density at radius 3 is 2.72 bits per heavy atom. The summed E-state index contributed by atoms with van der Waals surface area (Å²) in [6, 6.07) is 9.22. The zero-order valence-electron chi connectivity index (χ0n) is 16.6. The number of benzene rings is 1. The zero-order chi connectivity index (χ0) is 20.8.